The average Bonchev–Trinajstić information content (AvgIpc) is 3.34. The molecular formula is C22H25N3O3S3. The molecule has 1 fully saturated rings. The Hall–Kier alpha value is -1.97. The van der Waals surface area contributed by atoms with Gasteiger partial charge in [0.25, 0.3) is 0 Å². The van der Waals surface area contributed by atoms with E-state index in [2.05, 4.69) is 27.5 Å². The molecular weight excluding hydrogens is 450 g/mol. The van der Waals surface area contributed by atoms with Gasteiger partial charge in [0.1, 0.15) is 16.2 Å². The van der Waals surface area contributed by atoms with E-state index in [1.807, 2.05) is 32.0 Å². The van der Waals surface area contributed by atoms with Gasteiger partial charge in [-0.2, -0.15) is 0 Å². The van der Waals surface area contributed by atoms with Gasteiger partial charge in [-0.3, -0.25) is 4.79 Å². The molecule has 0 saturated carbocycles. The molecule has 31 heavy (non-hydrogen) atoms. The highest BCUT2D eigenvalue weighted by molar-refractivity contribution is 8.00. The van der Waals surface area contributed by atoms with E-state index in [1.165, 1.54) is 18.1 Å². The molecule has 0 radical (unpaired) electrons. The number of sulfone groups is 1. The van der Waals surface area contributed by atoms with Gasteiger partial charge in [0.2, 0.25) is 5.91 Å². The zero-order valence-corrected chi connectivity index (χ0v) is 20.0. The van der Waals surface area contributed by atoms with Crippen molar-refractivity contribution in [3.05, 3.63) is 42.0 Å². The molecule has 0 N–H and O–H groups in total. The van der Waals surface area contributed by atoms with Crippen LogP contribution in [0, 0.1) is 5.92 Å². The van der Waals surface area contributed by atoms with Crippen molar-refractivity contribution < 1.29 is 13.2 Å². The molecule has 9 heteroatoms. The fraction of sp³-hybridized carbons (Fsp3) is 0.409. The first-order chi connectivity index (χ1) is 14.8. The van der Waals surface area contributed by atoms with Gasteiger partial charge < -0.3 is 4.90 Å². The third-order valence-electron chi connectivity index (χ3n) is 5.28. The zero-order chi connectivity index (χ0) is 22.0. The van der Waals surface area contributed by atoms with Crippen LogP contribution in [0.3, 0.4) is 0 Å². The molecule has 0 aliphatic carbocycles. The SMILES string of the molecule is CC(C)CN(C(=O)CSc1ncnc2scc(-c3ccccc3)c12)C1CCS(=O)(=O)C1. The maximum Gasteiger partial charge on any atom is 0.233 e. The number of nitrogens with zero attached hydrogens (tertiary/aromatic N) is 3. The van der Waals surface area contributed by atoms with Gasteiger partial charge in [0, 0.05) is 23.5 Å². The van der Waals surface area contributed by atoms with Crippen LogP contribution in [-0.4, -0.2) is 59.0 Å². The summed E-state index contributed by atoms with van der Waals surface area (Å²) in [6, 6.07) is 9.86. The predicted molar refractivity (Wildman–Crippen MR) is 127 cm³/mol. The van der Waals surface area contributed by atoms with Crippen molar-refractivity contribution in [3.63, 3.8) is 0 Å². The highest BCUT2D eigenvalue weighted by Crippen LogP contribution is 2.37. The summed E-state index contributed by atoms with van der Waals surface area (Å²) in [4.78, 5) is 24.7. The van der Waals surface area contributed by atoms with Crippen molar-refractivity contribution in [2.45, 2.75) is 31.3 Å². The van der Waals surface area contributed by atoms with Gasteiger partial charge in [-0.15, -0.1) is 11.3 Å². The Labute approximate surface area is 191 Å². The van der Waals surface area contributed by atoms with Crippen molar-refractivity contribution in [2.75, 3.05) is 23.8 Å². The van der Waals surface area contributed by atoms with Gasteiger partial charge in [0.05, 0.1) is 22.6 Å². The first kappa shape index (κ1) is 22.2. The van der Waals surface area contributed by atoms with E-state index in [1.54, 1.807) is 16.2 Å². The Kier molecular flexibility index (Phi) is 6.64. The summed E-state index contributed by atoms with van der Waals surface area (Å²) >= 11 is 2.97. The summed E-state index contributed by atoms with van der Waals surface area (Å²) in [6.45, 7) is 4.65. The smallest absolute Gasteiger partial charge is 0.233 e. The maximum atomic E-state index is 13.1. The fourth-order valence-corrected chi connectivity index (χ4v) is 7.48. The van der Waals surface area contributed by atoms with E-state index in [-0.39, 0.29) is 35.1 Å². The average molecular weight is 476 g/mol. The summed E-state index contributed by atoms with van der Waals surface area (Å²) in [5, 5.41) is 3.83. The number of fused-ring (bicyclic) bond motifs is 1. The topological polar surface area (TPSA) is 80.2 Å². The first-order valence-electron chi connectivity index (χ1n) is 10.2. The number of aromatic nitrogens is 2. The second-order valence-electron chi connectivity index (χ2n) is 8.16. The summed E-state index contributed by atoms with van der Waals surface area (Å²) in [7, 11) is -3.05. The third kappa shape index (κ3) is 5.10. The Balaban J connectivity index is 1.56. The largest absolute Gasteiger partial charge is 0.338 e. The minimum Gasteiger partial charge on any atom is -0.338 e. The Bertz CT molecular complexity index is 1180. The van der Waals surface area contributed by atoms with Gasteiger partial charge in [-0.05, 0) is 17.9 Å². The third-order valence-corrected chi connectivity index (χ3v) is 8.89. The minimum absolute atomic E-state index is 0.0379. The van der Waals surface area contributed by atoms with Gasteiger partial charge in [0.15, 0.2) is 9.84 Å². The van der Waals surface area contributed by atoms with E-state index in [0.29, 0.717) is 13.0 Å². The van der Waals surface area contributed by atoms with E-state index in [9.17, 15) is 13.2 Å². The monoisotopic (exact) mass is 475 g/mol. The summed E-state index contributed by atoms with van der Waals surface area (Å²) in [5.41, 5.74) is 2.16. The molecule has 3 heterocycles. The van der Waals surface area contributed by atoms with Crippen molar-refractivity contribution in [2.24, 2.45) is 5.92 Å². The second-order valence-corrected chi connectivity index (χ2v) is 12.2. The molecule has 1 unspecified atom stereocenters. The van der Waals surface area contributed by atoms with Crippen LogP contribution in [0.1, 0.15) is 20.3 Å². The molecule has 1 aliphatic heterocycles. The molecule has 1 saturated heterocycles. The molecule has 4 rings (SSSR count). The van der Waals surface area contributed by atoms with Crippen molar-refractivity contribution in [1.82, 2.24) is 14.9 Å². The zero-order valence-electron chi connectivity index (χ0n) is 17.5. The number of hydrogen-bond acceptors (Lipinski definition) is 7. The molecule has 1 amide bonds. The van der Waals surface area contributed by atoms with Crippen LogP contribution in [0.5, 0.6) is 0 Å². The van der Waals surface area contributed by atoms with E-state index in [0.717, 1.165) is 26.4 Å². The van der Waals surface area contributed by atoms with Crippen molar-refractivity contribution in [1.29, 1.82) is 0 Å². The lowest BCUT2D eigenvalue weighted by atomic mass is 10.1. The normalized spacial score (nSPS) is 18.0. The van der Waals surface area contributed by atoms with E-state index in [4.69, 9.17) is 0 Å². The van der Waals surface area contributed by atoms with Gasteiger partial charge in [-0.1, -0.05) is 55.9 Å². The van der Waals surface area contributed by atoms with E-state index < -0.39 is 9.84 Å². The number of thiophene rings is 1. The van der Waals surface area contributed by atoms with Crippen LogP contribution in [0.15, 0.2) is 47.1 Å². The maximum absolute atomic E-state index is 13.1. The lowest BCUT2D eigenvalue weighted by molar-refractivity contribution is -0.130. The minimum atomic E-state index is -3.05. The Morgan fingerprint density at radius 2 is 2.03 bits per heavy atom. The van der Waals surface area contributed by atoms with Crippen molar-refractivity contribution >= 4 is 49.1 Å². The molecule has 164 valence electrons. The second kappa shape index (κ2) is 9.26. The summed E-state index contributed by atoms with van der Waals surface area (Å²) in [6.07, 6.45) is 2.06. The molecule has 1 aromatic carbocycles. The number of rotatable bonds is 7. The molecule has 1 aliphatic rings. The lowest BCUT2D eigenvalue weighted by Gasteiger charge is -2.30. The van der Waals surface area contributed by atoms with Crippen LogP contribution in [0.25, 0.3) is 21.3 Å². The number of benzene rings is 1. The van der Waals surface area contributed by atoms with Gasteiger partial charge in [-0.25, -0.2) is 18.4 Å². The number of amides is 1. The fourth-order valence-electron chi connectivity index (χ4n) is 3.87. The summed E-state index contributed by atoms with van der Waals surface area (Å²) < 4.78 is 23.9. The van der Waals surface area contributed by atoms with Crippen LogP contribution in [-0.2, 0) is 14.6 Å². The lowest BCUT2D eigenvalue weighted by Crippen LogP contribution is -2.44. The van der Waals surface area contributed by atoms with Crippen molar-refractivity contribution in [3.8, 4) is 11.1 Å². The van der Waals surface area contributed by atoms with Crippen LogP contribution in [0.4, 0.5) is 0 Å². The molecule has 2 aromatic heterocycles. The number of carbonyl (C=O) groups is 1. The van der Waals surface area contributed by atoms with Gasteiger partial charge >= 0.3 is 0 Å². The predicted octanol–water partition coefficient (Wildman–Crippen LogP) is 4.12. The first-order valence-corrected chi connectivity index (χ1v) is 13.9. The van der Waals surface area contributed by atoms with Crippen LogP contribution < -0.4 is 0 Å². The van der Waals surface area contributed by atoms with Crippen LogP contribution in [0.2, 0.25) is 0 Å². The number of hydrogen-bond donors (Lipinski definition) is 0. The summed E-state index contributed by atoms with van der Waals surface area (Å²) in [5.74, 6) is 0.679. The van der Waals surface area contributed by atoms with Crippen LogP contribution >= 0.6 is 23.1 Å². The Morgan fingerprint density at radius 1 is 1.26 bits per heavy atom. The highest BCUT2D eigenvalue weighted by atomic mass is 32.2. The Morgan fingerprint density at radius 3 is 2.71 bits per heavy atom. The number of thioether (sulfide) groups is 1. The molecule has 1 atom stereocenters. The molecule has 6 nitrogen and oxygen atoms in total. The number of carbonyl (C=O) groups excluding carboxylic acids is 1. The molecule has 0 bridgehead atoms. The quantitative estimate of drug-likeness (QED) is 0.378. The molecule has 0 spiro atoms. The standard InChI is InChI=1S/C22H25N3O3S3/c1-15(2)10-25(17-8-9-31(27,28)13-17)19(26)12-30-22-20-18(16-6-4-3-5-7-16)11-29-21(20)23-14-24-22/h3-7,11,14-15,17H,8-10,12-13H2,1-2H3. The highest BCUT2D eigenvalue weighted by Gasteiger charge is 2.34. The molecule has 3 aromatic rings. The van der Waals surface area contributed by atoms with E-state index >= 15 is 0 Å².